The van der Waals surface area contributed by atoms with E-state index in [2.05, 4.69) is 29.5 Å². The number of hydrogen-bond donors (Lipinski definition) is 1. The maximum Gasteiger partial charge on any atom is 0.201 e. The van der Waals surface area contributed by atoms with E-state index in [1.165, 1.54) is 12.8 Å². The van der Waals surface area contributed by atoms with Crippen LogP contribution < -0.4 is 10.5 Å². The van der Waals surface area contributed by atoms with Crippen molar-refractivity contribution < 1.29 is 4.74 Å². The number of fused-ring (bicyclic) bond motifs is 1. The zero-order valence-electron chi connectivity index (χ0n) is 12.7. The number of nitrogens with two attached hydrogens (primary N) is 1. The maximum atomic E-state index is 6.16. The molecule has 4 nitrogen and oxygen atoms in total. The van der Waals surface area contributed by atoms with Gasteiger partial charge in [-0.15, -0.1) is 0 Å². The lowest BCUT2D eigenvalue weighted by Crippen LogP contribution is -2.12. The Labute approximate surface area is 120 Å². The van der Waals surface area contributed by atoms with Crippen LogP contribution in [0.15, 0.2) is 18.2 Å². The Morgan fingerprint density at radius 1 is 1.25 bits per heavy atom. The fourth-order valence-corrected chi connectivity index (χ4v) is 2.78. The van der Waals surface area contributed by atoms with Crippen molar-refractivity contribution in [3.63, 3.8) is 0 Å². The molecule has 4 heteroatoms. The Morgan fingerprint density at radius 2 is 2.05 bits per heavy atom. The highest BCUT2D eigenvalue weighted by molar-refractivity contribution is 5.80. The molecule has 1 aromatic carbocycles. The number of imidazole rings is 1. The van der Waals surface area contributed by atoms with Gasteiger partial charge in [0.2, 0.25) is 5.95 Å². The normalized spacial score (nSPS) is 12.8. The summed E-state index contributed by atoms with van der Waals surface area (Å²) in [7, 11) is 1.67. The fourth-order valence-electron chi connectivity index (χ4n) is 2.78. The highest BCUT2D eigenvalue weighted by Gasteiger charge is 2.17. The third-order valence-electron chi connectivity index (χ3n) is 3.80. The lowest BCUT2D eigenvalue weighted by Gasteiger charge is -2.20. The highest BCUT2D eigenvalue weighted by atomic mass is 16.5. The number of rotatable bonds is 7. The monoisotopic (exact) mass is 275 g/mol. The van der Waals surface area contributed by atoms with Crippen molar-refractivity contribution in [3.8, 4) is 5.75 Å². The third kappa shape index (κ3) is 2.89. The van der Waals surface area contributed by atoms with E-state index in [0.717, 1.165) is 36.0 Å². The van der Waals surface area contributed by atoms with Gasteiger partial charge in [0.05, 0.1) is 18.1 Å². The molecule has 1 atom stereocenters. The summed E-state index contributed by atoms with van der Waals surface area (Å²) in [6.45, 7) is 4.44. The molecule has 2 N–H and O–H groups in total. The minimum atomic E-state index is 0.443. The quantitative estimate of drug-likeness (QED) is 0.825. The molecular formula is C16H25N3O. The molecular weight excluding hydrogens is 250 g/mol. The molecule has 0 radical (unpaired) electrons. The van der Waals surface area contributed by atoms with Gasteiger partial charge in [0, 0.05) is 12.1 Å². The van der Waals surface area contributed by atoms with Crippen molar-refractivity contribution >= 4 is 17.0 Å². The number of anilines is 1. The summed E-state index contributed by atoms with van der Waals surface area (Å²) in [5, 5.41) is 0. The first-order valence-corrected chi connectivity index (χ1v) is 7.52. The van der Waals surface area contributed by atoms with Crippen LogP contribution in [0.5, 0.6) is 5.75 Å². The molecule has 0 amide bonds. The Morgan fingerprint density at radius 3 is 2.70 bits per heavy atom. The Hall–Kier alpha value is -1.71. The molecule has 0 aliphatic carbocycles. The summed E-state index contributed by atoms with van der Waals surface area (Å²) in [5.41, 5.74) is 8.18. The fraction of sp³-hybridized carbons (Fsp3) is 0.562. The third-order valence-corrected chi connectivity index (χ3v) is 3.80. The zero-order chi connectivity index (χ0) is 14.5. The van der Waals surface area contributed by atoms with Crippen LogP contribution in [0.2, 0.25) is 0 Å². The zero-order valence-corrected chi connectivity index (χ0v) is 12.7. The summed E-state index contributed by atoms with van der Waals surface area (Å²) in [6, 6.07) is 6.43. The van der Waals surface area contributed by atoms with Crippen LogP contribution in [0.25, 0.3) is 11.0 Å². The Balaban J connectivity index is 2.42. The van der Waals surface area contributed by atoms with Gasteiger partial charge in [-0.25, -0.2) is 4.98 Å². The first kappa shape index (κ1) is 14.7. The molecule has 0 aliphatic heterocycles. The smallest absolute Gasteiger partial charge is 0.201 e. The standard InChI is InChI=1S/C16H25N3O/c1-4-6-8-12(7-5-2)19-15-10-9-13(20-3)11-14(15)18-16(19)17/h9-12H,4-8H2,1-3H3,(H2,17,18). The lowest BCUT2D eigenvalue weighted by atomic mass is 10.0. The van der Waals surface area contributed by atoms with E-state index in [9.17, 15) is 0 Å². The van der Waals surface area contributed by atoms with Crippen molar-refractivity contribution in [2.45, 2.75) is 52.0 Å². The van der Waals surface area contributed by atoms with Crippen molar-refractivity contribution in [1.82, 2.24) is 9.55 Å². The Kier molecular flexibility index (Phi) is 4.88. The summed E-state index contributed by atoms with van der Waals surface area (Å²) >= 11 is 0. The minimum Gasteiger partial charge on any atom is -0.497 e. The van der Waals surface area contributed by atoms with Crippen LogP contribution >= 0.6 is 0 Å². The molecule has 1 aromatic heterocycles. The van der Waals surface area contributed by atoms with Crippen LogP contribution in [0, 0.1) is 0 Å². The SMILES string of the molecule is CCCCC(CCC)n1c(N)nc2cc(OC)ccc21. The van der Waals surface area contributed by atoms with Crippen LogP contribution in [0.1, 0.15) is 52.0 Å². The molecule has 0 saturated heterocycles. The van der Waals surface area contributed by atoms with Crippen molar-refractivity contribution in [2.75, 3.05) is 12.8 Å². The number of ether oxygens (including phenoxy) is 1. The van der Waals surface area contributed by atoms with Crippen molar-refractivity contribution in [3.05, 3.63) is 18.2 Å². The predicted molar refractivity (Wildman–Crippen MR) is 84.2 cm³/mol. The highest BCUT2D eigenvalue weighted by Crippen LogP contribution is 2.30. The second kappa shape index (κ2) is 6.64. The number of nitrogen functional groups attached to an aromatic ring is 1. The van der Waals surface area contributed by atoms with Gasteiger partial charge in [0.1, 0.15) is 5.75 Å². The van der Waals surface area contributed by atoms with E-state index in [1.54, 1.807) is 7.11 Å². The summed E-state index contributed by atoms with van der Waals surface area (Å²) < 4.78 is 7.46. The molecule has 1 heterocycles. The van der Waals surface area contributed by atoms with Crippen LogP contribution in [-0.2, 0) is 0 Å². The number of benzene rings is 1. The molecule has 2 aromatic rings. The topological polar surface area (TPSA) is 53.1 Å². The number of hydrogen-bond acceptors (Lipinski definition) is 3. The van der Waals surface area contributed by atoms with Crippen LogP contribution in [-0.4, -0.2) is 16.7 Å². The van der Waals surface area contributed by atoms with E-state index in [1.807, 2.05) is 12.1 Å². The van der Waals surface area contributed by atoms with Crippen LogP contribution in [0.4, 0.5) is 5.95 Å². The largest absolute Gasteiger partial charge is 0.497 e. The number of unbranched alkanes of at least 4 members (excludes halogenated alkanes) is 1. The predicted octanol–water partition coefficient (Wildman–Crippen LogP) is 4.16. The first-order valence-electron chi connectivity index (χ1n) is 7.52. The van der Waals surface area contributed by atoms with Crippen molar-refractivity contribution in [2.24, 2.45) is 0 Å². The van der Waals surface area contributed by atoms with E-state index < -0.39 is 0 Å². The summed E-state index contributed by atoms with van der Waals surface area (Å²) in [4.78, 5) is 4.49. The average molecular weight is 275 g/mol. The first-order chi connectivity index (χ1) is 9.71. The summed E-state index contributed by atoms with van der Waals surface area (Å²) in [5.74, 6) is 1.44. The molecule has 110 valence electrons. The molecule has 0 saturated carbocycles. The average Bonchev–Trinajstić information content (AvgIpc) is 2.78. The van der Waals surface area contributed by atoms with E-state index in [-0.39, 0.29) is 0 Å². The van der Waals surface area contributed by atoms with Gasteiger partial charge in [-0.05, 0) is 25.0 Å². The van der Waals surface area contributed by atoms with Crippen LogP contribution in [0.3, 0.4) is 0 Å². The van der Waals surface area contributed by atoms with Gasteiger partial charge >= 0.3 is 0 Å². The van der Waals surface area contributed by atoms with E-state index >= 15 is 0 Å². The maximum absolute atomic E-state index is 6.16. The van der Waals surface area contributed by atoms with Gasteiger partial charge in [-0.2, -0.15) is 0 Å². The second-order valence-corrected chi connectivity index (χ2v) is 5.28. The Bertz CT molecular complexity index is 562. The van der Waals surface area contributed by atoms with Gasteiger partial charge in [-0.1, -0.05) is 33.1 Å². The van der Waals surface area contributed by atoms with Gasteiger partial charge in [0.15, 0.2) is 0 Å². The second-order valence-electron chi connectivity index (χ2n) is 5.28. The lowest BCUT2D eigenvalue weighted by molar-refractivity contribution is 0.415. The number of methoxy groups -OCH3 is 1. The molecule has 0 bridgehead atoms. The number of nitrogens with zero attached hydrogens (tertiary/aromatic N) is 2. The van der Waals surface area contributed by atoms with Gasteiger partial charge in [0.25, 0.3) is 0 Å². The minimum absolute atomic E-state index is 0.443. The molecule has 0 spiro atoms. The molecule has 20 heavy (non-hydrogen) atoms. The van der Waals surface area contributed by atoms with Gasteiger partial charge in [-0.3, -0.25) is 0 Å². The molecule has 0 fully saturated rings. The molecule has 2 rings (SSSR count). The van der Waals surface area contributed by atoms with Crippen molar-refractivity contribution in [1.29, 1.82) is 0 Å². The molecule has 1 unspecified atom stereocenters. The van der Waals surface area contributed by atoms with E-state index in [4.69, 9.17) is 10.5 Å². The van der Waals surface area contributed by atoms with E-state index in [0.29, 0.717) is 12.0 Å². The summed E-state index contributed by atoms with van der Waals surface area (Å²) in [6.07, 6.45) is 5.89. The van der Waals surface area contributed by atoms with Gasteiger partial charge < -0.3 is 15.0 Å². The number of aromatic nitrogens is 2. The molecule has 0 aliphatic rings.